The van der Waals surface area contributed by atoms with Crippen LogP contribution in [0.1, 0.15) is 16.8 Å². The van der Waals surface area contributed by atoms with Gasteiger partial charge in [-0.2, -0.15) is 0 Å². The molecule has 0 amide bonds. The molecule has 0 saturated carbocycles. The topological polar surface area (TPSA) is 78.5 Å². The maximum Gasteiger partial charge on any atom is 0.586 e. The maximum absolute atomic E-state index is 13.3. The Morgan fingerprint density at radius 2 is 1.88 bits per heavy atom. The molecule has 7 nitrogen and oxygen atoms in total. The predicted molar refractivity (Wildman–Crippen MR) is 118 cm³/mol. The van der Waals surface area contributed by atoms with E-state index in [0.29, 0.717) is 40.0 Å². The number of H-pyrrole nitrogens is 1. The van der Waals surface area contributed by atoms with Gasteiger partial charge in [0.25, 0.3) is 0 Å². The average Bonchev–Trinajstić information content (AvgIpc) is 3.33. The predicted octanol–water partition coefficient (Wildman–Crippen LogP) is 5.47. The van der Waals surface area contributed by atoms with E-state index in [1.807, 2.05) is 37.3 Å². The molecule has 1 N–H and O–H groups in total. The van der Waals surface area contributed by atoms with E-state index in [0.717, 1.165) is 16.8 Å². The standard InChI is InChI=1S/C23H19F2N3O4S/c1-13-17(26-10-20(29-2)21(13)30-11-14-6-4-3-5-7-14)12-33-22-27-15-8-18-19(9-16(15)28-22)32-23(24,25)31-18/h3-10H,11-12H2,1-2H3,(H,27,28). The van der Waals surface area contributed by atoms with E-state index in [-0.39, 0.29) is 11.5 Å². The Bertz CT molecular complexity index is 1270. The molecule has 0 fully saturated rings. The van der Waals surface area contributed by atoms with Crippen molar-refractivity contribution in [1.29, 1.82) is 0 Å². The van der Waals surface area contributed by atoms with E-state index in [9.17, 15) is 8.78 Å². The molecule has 1 aliphatic rings. The monoisotopic (exact) mass is 471 g/mol. The third-order valence-corrected chi connectivity index (χ3v) is 5.99. The number of benzene rings is 2. The van der Waals surface area contributed by atoms with Crippen molar-refractivity contribution in [2.24, 2.45) is 0 Å². The van der Waals surface area contributed by atoms with Gasteiger partial charge < -0.3 is 23.9 Å². The van der Waals surface area contributed by atoms with Crippen LogP contribution in [0.2, 0.25) is 0 Å². The number of hydrogen-bond donors (Lipinski definition) is 1. The Labute approximate surface area is 192 Å². The Balaban J connectivity index is 1.33. The summed E-state index contributed by atoms with van der Waals surface area (Å²) in [6.07, 6.45) is -2.02. The van der Waals surface area contributed by atoms with Crippen LogP contribution < -0.4 is 18.9 Å². The number of thioether (sulfide) groups is 1. The minimum atomic E-state index is -3.66. The molecule has 0 aliphatic carbocycles. The number of alkyl halides is 2. The lowest BCUT2D eigenvalue weighted by atomic mass is 10.2. The third kappa shape index (κ3) is 4.38. The van der Waals surface area contributed by atoms with Gasteiger partial charge in [0.15, 0.2) is 28.2 Å². The van der Waals surface area contributed by atoms with Crippen molar-refractivity contribution in [3.05, 3.63) is 65.5 Å². The summed E-state index contributed by atoms with van der Waals surface area (Å²) in [6, 6.07) is 12.8. The van der Waals surface area contributed by atoms with Gasteiger partial charge in [-0.1, -0.05) is 42.1 Å². The van der Waals surface area contributed by atoms with E-state index in [4.69, 9.17) is 9.47 Å². The van der Waals surface area contributed by atoms with Gasteiger partial charge in [0.2, 0.25) is 0 Å². The first-order chi connectivity index (χ1) is 15.9. The van der Waals surface area contributed by atoms with Gasteiger partial charge in [0.1, 0.15) is 6.61 Å². The summed E-state index contributed by atoms with van der Waals surface area (Å²) in [5, 5.41) is 0.615. The van der Waals surface area contributed by atoms with E-state index < -0.39 is 6.29 Å². The second kappa shape index (κ2) is 8.43. The first-order valence-electron chi connectivity index (χ1n) is 10.0. The maximum atomic E-state index is 13.3. The van der Waals surface area contributed by atoms with Gasteiger partial charge in [0, 0.05) is 23.4 Å². The van der Waals surface area contributed by atoms with Crippen LogP contribution in [0.5, 0.6) is 23.0 Å². The zero-order valence-corrected chi connectivity index (χ0v) is 18.5. The highest BCUT2D eigenvalue weighted by Gasteiger charge is 2.43. The SMILES string of the molecule is COc1cnc(CSc2nc3cc4c(cc3[nH]2)OC(F)(F)O4)c(C)c1OCc1ccccc1. The van der Waals surface area contributed by atoms with Crippen LogP contribution in [-0.2, 0) is 12.4 Å². The molecule has 0 atom stereocenters. The number of ether oxygens (including phenoxy) is 4. The number of nitrogens with zero attached hydrogens (tertiary/aromatic N) is 2. The van der Waals surface area contributed by atoms with Crippen LogP contribution in [0.3, 0.4) is 0 Å². The molecule has 10 heteroatoms. The Morgan fingerprint density at radius 3 is 2.64 bits per heavy atom. The Morgan fingerprint density at radius 1 is 1.12 bits per heavy atom. The van der Waals surface area contributed by atoms with Crippen molar-refractivity contribution >= 4 is 22.8 Å². The van der Waals surface area contributed by atoms with Crippen LogP contribution in [0.4, 0.5) is 8.78 Å². The van der Waals surface area contributed by atoms with Crippen LogP contribution >= 0.6 is 11.8 Å². The second-order valence-corrected chi connectivity index (χ2v) is 8.28. The molecule has 0 bridgehead atoms. The summed E-state index contributed by atoms with van der Waals surface area (Å²) < 4.78 is 47.0. The molecule has 0 unspecified atom stereocenters. The summed E-state index contributed by atoms with van der Waals surface area (Å²) in [5.41, 5.74) is 3.81. The number of nitrogens with one attached hydrogen (secondary N) is 1. The lowest BCUT2D eigenvalue weighted by molar-refractivity contribution is -0.286. The van der Waals surface area contributed by atoms with Crippen molar-refractivity contribution in [3.63, 3.8) is 0 Å². The fraction of sp³-hybridized carbons (Fsp3) is 0.217. The molecule has 170 valence electrons. The average molecular weight is 471 g/mol. The largest absolute Gasteiger partial charge is 0.586 e. The van der Waals surface area contributed by atoms with Crippen molar-refractivity contribution in [1.82, 2.24) is 15.0 Å². The number of fused-ring (bicyclic) bond motifs is 2. The summed E-state index contributed by atoms with van der Waals surface area (Å²) in [5.74, 6) is 1.65. The van der Waals surface area contributed by atoms with E-state index in [1.165, 1.54) is 23.9 Å². The van der Waals surface area contributed by atoms with Gasteiger partial charge in [0.05, 0.1) is 30.0 Å². The van der Waals surface area contributed by atoms with Crippen LogP contribution in [0.15, 0.2) is 53.8 Å². The number of methoxy groups -OCH3 is 1. The molecule has 4 aromatic rings. The zero-order valence-electron chi connectivity index (χ0n) is 17.7. The second-order valence-electron chi connectivity index (χ2n) is 7.32. The number of imidazole rings is 1. The van der Waals surface area contributed by atoms with E-state index in [1.54, 1.807) is 13.3 Å². The first-order valence-corrected chi connectivity index (χ1v) is 11.0. The van der Waals surface area contributed by atoms with Crippen LogP contribution in [0.25, 0.3) is 11.0 Å². The number of pyridine rings is 1. The Hall–Kier alpha value is -3.53. The highest BCUT2D eigenvalue weighted by Crippen LogP contribution is 2.43. The highest BCUT2D eigenvalue weighted by molar-refractivity contribution is 7.98. The summed E-state index contributed by atoms with van der Waals surface area (Å²) in [7, 11) is 1.58. The normalized spacial score (nSPS) is 13.9. The fourth-order valence-electron chi connectivity index (χ4n) is 3.44. The first kappa shape index (κ1) is 21.3. The third-order valence-electron chi connectivity index (χ3n) is 5.11. The van der Waals surface area contributed by atoms with Crippen molar-refractivity contribution < 1.29 is 27.7 Å². The molecule has 2 aromatic heterocycles. The quantitative estimate of drug-likeness (QED) is 0.358. The van der Waals surface area contributed by atoms with Gasteiger partial charge in [-0.05, 0) is 12.5 Å². The molecule has 0 saturated heterocycles. The van der Waals surface area contributed by atoms with Crippen LogP contribution in [-0.4, -0.2) is 28.4 Å². The molecule has 2 aromatic carbocycles. The molecule has 33 heavy (non-hydrogen) atoms. The number of hydrogen-bond acceptors (Lipinski definition) is 7. The van der Waals surface area contributed by atoms with Crippen molar-refractivity contribution in [2.45, 2.75) is 30.7 Å². The van der Waals surface area contributed by atoms with Crippen molar-refractivity contribution in [2.75, 3.05) is 7.11 Å². The lowest BCUT2D eigenvalue weighted by Crippen LogP contribution is -2.25. The molecule has 0 spiro atoms. The minimum absolute atomic E-state index is 0.0272. The van der Waals surface area contributed by atoms with Gasteiger partial charge in [-0.3, -0.25) is 4.98 Å². The lowest BCUT2D eigenvalue weighted by Gasteiger charge is -2.15. The van der Waals surface area contributed by atoms with Gasteiger partial charge >= 0.3 is 6.29 Å². The summed E-state index contributed by atoms with van der Waals surface area (Å²) in [6.45, 7) is 2.34. The highest BCUT2D eigenvalue weighted by atomic mass is 32.2. The van der Waals surface area contributed by atoms with Gasteiger partial charge in [-0.25, -0.2) is 4.98 Å². The molecular formula is C23H19F2N3O4S. The smallest absolute Gasteiger partial charge is 0.491 e. The zero-order chi connectivity index (χ0) is 23.0. The molecular weight excluding hydrogens is 452 g/mol. The number of rotatable bonds is 7. The number of aromatic nitrogens is 3. The van der Waals surface area contributed by atoms with Gasteiger partial charge in [-0.15, -0.1) is 8.78 Å². The summed E-state index contributed by atoms with van der Waals surface area (Å²) in [4.78, 5) is 12.1. The number of halogens is 2. The Kier molecular flexibility index (Phi) is 5.45. The minimum Gasteiger partial charge on any atom is -0.491 e. The summed E-state index contributed by atoms with van der Waals surface area (Å²) >= 11 is 1.43. The van der Waals surface area contributed by atoms with E-state index in [2.05, 4.69) is 24.4 Å². The van der Waals surface area contributed by atoms with E-state index >= 15 is 0 Å². The molecule has 3 heterocycles. The number of aromatic amines is 1. The fourth-order valence-corrected chi connectivity index (χ4v) is 4.35. The molecule has 0 radical (unpaired) electrons. The molecule has 5 rings (SSSR count). The van der Waals surface area contributed by atoms with Crippen molar-refractivity contribution in [3.8, 4) is 23.0 Å². The van der Waals surface area contributed by atoms with Crippen LogP contribution in [0, 0.1) is 6.92 Å². The molecule has 1 aliphatic heterocycles.